The third kappa shape index (κ3) is 3.06. The number of hydrogen-bond acceptors (Lipinski definition) is 2. The lowest BCUT2D eigenvalue weighted by atomic mass is 9.78. The SMILES string of the molecule is CNC(CC(C)C(C)(C)C)c1cc2cccc(C)c2o1. The van der Waals surface area contributed by atoms with Gasteiger partial charge in [0.25, 0.3) is 0 Å². The topological polar surface area (TPSA) is 25.2 Å². The first-order valence-corrected chi connectivity index (χ1v) is 7.49. The van der Waals surface area contributed by atoms with Gasteiger partial charge in [0.05, 0.1) is 6.04 Å². The van der Waals surface area contributed by atoms with E-state index in [0.29, 0.717) is 11.3 Å². The zero-order valence-corrected chi connectivity index (χ0v) is 13.6. The monoisotopic (exact) mass is 273 g/mol. The molecule has 1 aromatic heterocycles. The molecule has 0 fully saturated rings. The summed E-state index contributed by atoms with van der Waals surface area (Å²) in [7, 11) is 2.01. The Morgan fingerprint density at radius 2 is 1.95 bits per heavy atom. The third-order valence-corrected chi connectivity index (χ3v) is 4.52. The minimum Gasteiger partial charge on any atom is -0.459 e. The second-order valence-corrected chi connectivity index (χ2v) is 6.99. The van der Waals surface area contributed by atoms with Crippen LogP contribution in [0.1, 0.15) is 51.5 Å². The molecule has 0 saturated heterocycles. The Morgan fingerprint density at radius 1 is 1.25 bits per heavy atom. The highest BCUT2D eigenvalue weighted by atomic mass is 16.3. The van der Waals surface area contributed by atoms with E-state index in [1.54, 1.807) is 0 Å². The van der Waals surface area contributed by atoms with E-state index < -0.39 is 0 Å². The molecule has 0 amide bonds. The number of aryl methyl sites for hydroxylation is 1. The Morgan fingerprint density at radius 3 is 2.50 bits per heavy atom. The minimum absolute atomic E-state index is 0.274. The number of rotatable bonds is 4. The van der Waals surface area contributed by atoms with Crippen LogP contribution in [0.5, 0.6) is 0 Å². The maximum atomic E-state index is 6.10. The number of furan rings is 1. The number of nitrogens with one attached hydrogen (secondary N) is 1. The van der Waals surface area contributed by atoms with Crippen molar-refractivity contribution in [3.8, 4) is 0 Å². The first-order chi connectivity index (χ1) is 9.32. The first-order valence-electron chi connectivity index (χ1n) is 7.49. The van der Waals surface area contributed by atoms with Crippen molar-refractivity contribution in [3.05, 3.63) is 35.6 Å². The van der Waals surface area contributed by atoms with Gasteiger partial charge in [0.2, 0.25) is 0 Å². The van der Waals surface area contributed by atoms with Gasteiger partial charge in [0.1, 0.15) is 11.3 Å². The Hall–Kier alpha value is -1.28. The highest BCUT2D eigenvalue weighted by Gasteiger charge is 2.25. The smallest absolute Gasteiger partial charge is 0.137 e. The fourth-order valence-corrected chi connectivity index (χ4v) is 2.48. The van der Waals surface area contributed by atoms with Crippen molar-refractivity contribution in [2.24, 2.45) is 11.3 Å². The van der Waals surface area contributed by atoms with Gasteiger partial charge in [-0.2, -0.15) is 0 Å². The summed E-state index contributed by atoms with van der Waals surface area (Å²) in [5.74, 6) is 1.67. The van der Waals surface area contributed by atoms with Gasteiger partial charge in [0, 0.05) is 5.39 Å². The van der Waals surface area contributed by atoms with E-state index in [2.05, 4.69) is 64.2 Å². The molecular formula is C18H27NO. The molecule has 0 spiro atoms. The molecule has 0 radical (unpaired) electrons. The molecule has 0 aliphatic rings. The van der Waals surface area contributed by atoms with Gasteiger partial charge in [-0.1, -0.05) is 45.9 Å². The van der Waals surface area contributed by atoms with Crippen LogP contribution in [-0.2, 0) is 0 Å². The zero-order chi connectivity index (χ0) is 14.9. The van der Waals surface area contributed by atoms with Crippen LogP contribution in [0.2, 0.25) is 0 Å². The summed E-state index contributed by atoms with van der Waals surface area (Å²) >= 11 is 0. The quantitative estimate of drug-likeness (QED) is 0.841. The second kappa shape index (κ2) is 5.61. The Balaban J connectivity index is 2.28. The van der Waals surface area contributed by atoms with E-state index in [-0.39, 0.29) is 6.04 Å². The van der Waals surface area contributed by atoms with Crippen LogP contribution in [0.4, 0.5) is 0 Å². The first kappa shape index (κ1) is 15.1. The summed E-state index contributed by atoms with van der Waals surface area (Å²) in [4.78, 5) is 0. The predicted octanol–water partition coefficient (Wildman–Crippen LogP) is 5.07. The molecule has 1 N–H and O–H groups in total. The van der Waals surface area contributed by atoms with Gasteiger partial charge in [-0.3, -0.25) is 0 Å². The van der Waals surface area contributed by atoms with E-state index in [1.165, 1.54) is 10.9 Å². The summed E-state index contributed by atoms with van der Waals surface area (Å²) in [6.07, 6.45) is 1.08. The van der Waals surface area contributed by atoms with Crippen LogP contribution in [0.15, 0.2) is 28.7 Å². The van der Waals surface area contributed by atoms with Crippen molar-refractivity contribution < 1.29 is 4.42 Å². The number of benzene rings is 1. The lowest BCUT2D eigenvalue weighted by molar-refractivity contribution is 0.218. The van der Waals surface area contributed by atoms with Crippen molar-refractivity contribution in [1.29, 1.82) is 0 Å². The van der Waals surface area contributed by atoms with E-state index >= 15 is 0 Å². The maximum Gasteiger partial charge on any atom is 0.137 e. The summed E-state index contributed by atoms with van der Waals surface area (Å²) in [6.45, 7) is 11.3. The molecule has 1 aromatic carbocycles. The lowest BCUT2D eigenvalue weighted by Gasteiger charge is -2.30. The fourth-order valence-electron chi connectivity index (χ4n) is 2.48. The minimum atomic E-state index is 0.274. The fraction of sp³-hybridized carbons (Fsp3) is 0.556. The molecule has 110 valence electrons. The molecule has 20 heavy (non-hydrogen) atoms. The molecule has 2 aromatic rings. The number of para-hydroxylation sites is 1. The molecule has 0 bridgehead atoms. The van der Waals surface area contributed by atoms with Crippen molar-refractivity contribution in [2.75, 3.05) is 7.05 Å². The molecule has 0 aliphatic carbocycles. The summed E-state index contributed by atoms with van der Waals surface area (Å²) in [5.41, 5.74) is 2.54. The second-order valence-electron chi connectivity index (χ2n) is 6.99. The standard InChI is InChI=1S/C18H27NO/c1-12-8-7-9-14-11-16(20-17(12)14)15(19-6)10-13(2)18(3,4)5/h7-9,11,13,15,19H,10H2,1-6H3. The maximum absolute atomic E-state index is 6.10. The molecule has 0 aliphatic heterocycles. The van der Waals surface area contributed by atoms with E-state index in [9.17, 15) is 0 Å². The molecule has 2 atom stereocenters. The average molecular weight is 273 g/mol. The van der Waals surface area contributed by atoms with Gasteiger partial charge >= 0.3 is 0 Å². The Labute approximate surface area is 122 Å². The van der Waals surface area contributed by atoms with Crippen molar-refractivity contribution in [1.82, 2.24) is 5.32 Å². The van der Waals surface area contributed by atoms with Crippen LogP contribution in [0.25, 0.3) is 11.0 Å². The Kier molecular flexibility index (Phi) is 4.24. The predicted molar refractivity (Wildman–Crippen MR) is 86.0 cm³/mol. The van der Waals surface area contributed by atoms with Gasteiger partial charge in [-0.05, 0) is 43.4 Å². The Bertz CT molecular complexity index is 577. The van der Waals surface area contributed by atoms with Gasteiger partial charge in [-0.15, -0.1) is 0 Å². The summed E-state index contributed by atoms with van der Waals surface area (Å²) in [5, 5.41) is 4.61. The van der Waals surface area contributed by atoms with E-state index in [0.717, 1.165) is 17.8 Å². The molecule has 2 heteroatoms. The van der Waals surface area contributed by atoms with Crippen LogP contribution in [0.3, 0.4) is 0 Å². The third-order valence-electron chi connectivity index (χ3n) is 4.52. The average Bonchev–Trinajstić information content (AvgIpc) is 2.79. The van der Waals surface area contributed by atoms with Crippen molar-refractivity contribution in [3.63, 3.8) is 0 Å². The van der Waals surface area contributed by atoms with Gasteiger partial charge < -0.3 is 9.73 Å². The van der Waals surface area contributed by atoms with Gasteiger partial charge in [-0.25, -0.2) is 0 Å². The highest BCUT2D eigenvalue weighted by Crippen LogP contribution is 2.35. The zero-order valence-electron chi connectivity index (χ0n) is 13.6. The molecule has 2 rings (SSSR count). The van der Waals surface area contributed by atoms with Crippen LogP contribution >= 0.6 is 0 Å². The van der Waals surface area contributed by atoms with Crippen LogP contribution in [0, 0.1) is 18.3 Å². The number of hydrogen-bond donors (Lipinski definition) is 1. The highest BCUT2D eigenvalue weighted by molar-refractivity contribution is 5.80. The largest absolute Gasteiger partial charge is 0.459 e. The van der Waals surface area contributed by atoms with Crippen molar-refractivity contribution >= 4 is 11.0 Å². The van der Waals surface area contributed by atoms with Crippen LogP contribution < -0.4 is 5.32 Å². The number of fused-ring (bicyclic) bond motifs is 1. The molecule has 0 saturated carbocycles. The van der Waals surface area contributed by atoms with E-state index in [1.807, 2.05) is 7.05 Å². The normalized spacial score (nSPS) is 15.5. The molecule has 1 heterocycles. The van der Waals surface area contributed by atoms with Crippen molar-refractivity contribution in [2.45, 2.75) is 47.1 Å². The molecule has 2 unspecified atom stereocenters. The summed E-state index contributed by atoms with van der Waals surface area (Å²) < 4.78 is 6.10. The van der Waals surface area contributed by atoms with Crippen LogP contribution in [-0.4, -0.2) is 7.05 Å². The molecule has 2 nitrogen and oxygen atoms in total. The summed E-state index contributed by atoms with van der Waals surface area (Å²) in [6, 6.07) is 8.76. The lowest BCUT2D eigenvalue weighted by Crippen LogP contribution is -2.25. The molecular weight excluding hydrogens is 246 g/mol. The van der Waals surface area contributed by atoms with E-state index in [4.69, 9.17) is 4.42 Å². The van der Waals surface area contributed by atoms with Gasteiger partial charge in [0.15, 0.2) is 0 Å².